The first-order valence-corrected chi connectivity index (χ1v) is 8.25. The predicted octanol–water partition coefficient (Wildman–Crippen LogP) is 5.09. The SMILES string of the molecule is CCc1cc2c(=O)c(-c3cc4ccccc4o3)c(C)oc2cc1OC. The first-order chi connectivity index (χ1) is 12.1. The van der Waals surface area contributed by atoms with Crippen LogP contribution in [0.5, 0.6) is 5.75 Å². The number of methoxy groups -OCH3 is 1. The zero-order valence-corrected chi connectivity index (χ0v) is 14.4. The van der Waals surface area contributed by atoms with Crippen LogP contribution in [-0.2, 0) is 6.42 Å². The molecule has 4 heteroatoms. The van der Waals surface area contributed by atoms with Crippen molar-refractivity contribution >= 4 is 21.9 Å². The first-order valence-electron chi connectivity index (χ1n) is 8.25. The lowest BCUT2D eigenvalue weighted by molar-refractivity contribution is 0.409. The monoisotopic (exact) mass is 334 g/mol. The van der Waals surface area contributed by atoms with Crippen molar-refractivity contribution in [2.24, 2.45) is 0 Å². The van der Waals surface area contributed by atoms with E-state index < -0.39 is 0 Å². The fraction of sp³-hybridized carbons (Fsp3) is 0.190. The topological polar surface area (TPSA) is 52.6 Å². The van der Waals surface area contributed by atoms with Crippen LogP contribution in [0.4, 0.5) is 0 Å². The van der Waals surface area contributed by atoms with Gasteiger partial charge in [-0.3, -0.25) is 4.79 Å². The molecule has 4 rings (SSSR count). The molecule has 4 aromatic rings. The van der Waals surface area contributed by atoms with E-state index in [4.69, 9.17) is 13.6 Å². The molecule has 0 aliphatic rings. The summed E-state index contributed by atoms with van der Waals surface area (Å²) in [6, 6.07) is 13.2. The van der Waals surface area contributed by atoms with Crippen molar-refractivity contribution in [3.8, 4) is 17.1 Å². The summed E-state index contributed by atoms with van der Waals surface area (Å²) in [6.07, 6.45) is 0.770. The van der Waals surface area contributed by atoms with Crippen molar-refractivity contribution in [2.75, 3.05) is 7.11 Å². The number of hydrogen-bond acceptors (Lipinski definition) is 4. The maximum Gasteiger partial charge on any atom is 0.203 e. The molecule has 0 spiro atoms. The molecule has 0 aliphatic carbocycles. The molecule has 0 saturated heterocycles. The number of aryl methyl sites for hydroxylation is 2. The molecule has 2 heterocycles. The van der Waals surface area contributed by atoms with E-state index >= 15 is 0 Å². The smallest absolute Gasteiger partial charge is 0.203 e. The summed E-state index contributed by atoms with van der Waals surface area (Å²) in [5.41, 5.74) is 2.63. The summed E-state index contributed by atoms with van der Waals surface area (Å²) in [4.78, 5) is 13.1. The van der Waals surface area contributed by atoms with Gasteiger partial charge in [0.15, 0.2) is 0 Å². The van der Waals surface area contributed by atoms with E-state index in [0.717, 1.165) is 28.7 Å². The van der Waals surface area contributed by atoms with E-state index in [-0.39, 0.29) is 5.43 Å². The van der Waals surface area contributed by atoms with Gasteiger partial charge in [0.1, 0.15) is 34.0 Å². The Kier molecular flexibility index (Phi) is 3.61. The standard InChI is InChI=1S/C21H18O4/c1-4-13-9-15-18(11-17(13)23-3)24-12(2)20(21(15)22)19-10-14-7-5-6-8-16(14)25-19/h5-11H,4H2,1-3H3. The van der Waals surface area contributed by atoms with E-state index in [0.29, 0.717) is 28.1 Å². The Morgan fingerprint density at radius 2 is 1.84 bits per heavy atom. The zero-order valence-electron chi connectivity index (χ0n) is 14.4. The molecule has 0 N–H and O–H groups in total. The maximum atomic E-state index is 13.1. The van der Waals surface area contributed by atoms with Crippen LogP contribution in [0.15, 0.2) is 56.1 Å². The van der Waals surface area contributed by atoms with Crippen LogP contribution in [0, 0.1) is 6.92 Å². The van der Waals surface area contributed by atoms with E-state index in [1.165, 1.54) is 0 Å². The van der Waals surface area contributed by atoms with Gasteiger partial charge in [-0.15, -0.1) is 0 Å². The highest BCUT2D eigenvalue weighted by Gasteiger charge is 2.18. The van der Waals surface area contributed by atoms with E-state index in [2.05, 4.69) is 0 Å². The molecule has 25 heavy (non-hydrogen) atoms. The van der Waals surface area contributed by atoms with Crippen molar-refractivity contribution in [1.29, 1.82) is 0 Å². The molecule has 2 aromatic heterocycles. The second kappa shape index (κ2) is 5.81. The van der Waals surface area contributed by atoms with Gasteiger partial charge < -0.3 is 13.6 Å². The van der Waals surface area contributed by atoms with Gasteiger partial charge in [0.25, 0.3) is 0 Å². The van der Waals surface area contributed by atoms with Gasteiger partial charge in [0, 0.05) is 11.5 Å². The van der Waals surface area contributed by atoms with Crippen LogP contribution < -0.4 is 10.2 Å². The number of hydrogen-bond donors (Lipinski definition) is 0. The average molecular weight is 334 g/mol. The predicted molar refractivity (Wildman–Crippen MR) is 98.4 cm³/mol. The largest absolute Gasteiger partial charge is 0.496 e. The van der Waals surface area contributed by atoms with Crippen LogP contribution in [-0.4, -0.2) is 7.11 Å². The Balaban J connectivity index is 2.02. The van der Waals surface area contributed by atoms with Crippen molar-refractivity contribution in [3.05, 3.63) is 64.0 Å². The molecule has 0 atom stereocenters. The number of para-hydroxylation sites is 1. The van der Waals surface area contributed by atoms with Crippen molar-refractivity contribution in [3.63, 3.8) is 0 Å². The molecule has 2 aromatic carbocycles. The first kappa shape index (κ1) is 15.5. The van der Waals surface area contributed by atoms with E-state index in [1.807, 2.05) is 43.3 Å². The Morgan fingerprint density at radius 3 is 2.56 bits per heavy atom. The fourth-order valence-electron chi connectivity index (χ4n) is 3.24. The fourth-order valence-corrected chi connectivity index (χ4v) is 3.24. The summed E-state index contributed by atoms with van der Waals surface area (Å²) in [5.74, 6) is 1.79. The molecule has 0 aliphatic heterocycles. The zero-order chi connectivity index (χ0) is 17.6. The highest BCUT2D eigenvalue weighted by molar-refractivity contribution is 5.87. The molecule has 0 unspecified atom stereocenters. The lowest BCUT2D eigenvalue weighted by Crippen LogP contribution is -2.08. The van der Waals surface area contributed by atoms with Crippen molar-refractivity contribution < 1.29 is 13.6 Å². The minimum Gasteiger partial charge on any atom is -0.496 e. The normalized spacial score (nSPS) is 11.3. The number of rotatable bonds is 3. The van der Waals surface area contributed by atoms with Crippen molar-refractivity contribution in [1.82, 2.24) is 0 Å². The Morgan fingerprint density at radius 1 is 1.04 bits per heavy atom. The minimum absolute atomic E-state index is 0.0878. The summed E-state index contributed by atoms with van der Waals surface area (Å²) in [6.45, 7) is 3.81. The second-order valence-electron chi connectivity index (χ2n) is 6.02. The molecule has 0 bridgehead atoms. The van der Waals surface area contributed by atoms with Crippen LogP contribution in [0.3, 0.4) is 0 Å². The van der Waals surface area contributed by atoms with Gasteiger partial charge in [-0.2, -0.15) is 0 Å². The number of fused-ring (bicyclic) bond motifs is 2. The highest BCUT2D eigenvalue weighted by Crippen LogP contribution is 2.31. The Bertz CT molecular complexity index is 1110. The lowest BCUT2D eigenvalue weighted by atomic mass is 10.0. The third-order valence-electron chi connectivity index (χ3n) is 4.52. The molecular formula is C21H18O4. The lowest BCUT2D eigenvalue weighted by Gasteiger charge is -2.10. The van der Waals surface area contributed by atoms with Gasteiger partial charge in [-0.1, -0.05) is 25.1 Å². The number of ether oxygens (including phenoxy) is 1. The summed E-state index contributed by atoms with van der Waals surface area (Å²) >= 11 is 0. The third-order valence-corrected chi connectivity index (χ3v) is 4.52. The highest BCUT2D eigenvalue weighted by atomic mass is 16.5. The van der Waals surface area contributed by atoms with Gasteiger partial charge >= 0.3 is 0 Å². The van der Waals surface area contributed by atoms with E-state index in [1.54, 1.807) is 20.1 Å². The molecule has 0 fully saturated rings. The molecular weight excluding hydrogens is 316 g/mol. The van der Waals surface area contributed by atoms with Gasteiger partial charge in [-0.25, -0.2) is 0 Å². The van der Waals surface area contributed by atoms with Gasteiger partial charge in [0.2, 0.25) is 5.43 Å². The summed E-state index contributed by atoms with van der Waals surface area (Å²) < 4.78 is 17.2. The average Bonchev–Trinajstić information content (AvgIpc) is 3.04. The van der Waals surface area contributed by atoms with Crippen molar-refractivity contribution in [2.45, 2.75) is 20.3 Å². The number of furan rings is 1. The number of benzene rings is 2. The van der Waals surface area contributed by atoms with Gasteiger partial charge in [0.05, 0.1) is 12.5 Å². The third kappa shape index (κ3) is 2.41. The second-order valence-corrected chi connectivity index (χ2v) is 6.02. The molecule has 126 valence electrons. The van der Waals surface area contributed by atoms with Gasteiger partial charge in [-0.05, 0) is 37.1 Å². The Labute approximate surface area is 144 Å². The summed E-state index contributed by atoms with van der Waals surface area (Å²) in [5, 5.41) is 1.50. The molecule has 4 nitrogen and oxygen atoms in total. The Hall–Kier alpha value is -3.01. The minimum atomic E-state index is -0.0878. The molecule has 0 radical (unpaired) electrons. The summed E-state index contributed by atoms with van der Waals surface area (Å²) in [7, 11) is 1.62. The molecule has 0 amide bonds. The van der Waals surface area contributed by atoms with E-state index in [9.17, 15) is 4.79 Å². The quantitative estimate of drug-likeness (QED) is 0.524. The van der Waals surface area contributed by atoms with Crippen LogP contribution in [0.25, 0.3) is 33.3 Å². The molecule has 0 saturated carbocycles. The maximum absolute atomic E-state index is 13.1. The van der Waals surface area contributed by atoms with Crippen LogP contribution in [0.2, 0.25) is 0 Å². The van der Waals surface area contributed by atoms with Crippen LogP contribution in [0.1, 0.15) is 18.2 Å². The van der Waals surface area contributed by atoms with Crippen LogP contribution >= 0.6 is 0 Å².